The number of nitrogens with zero attached hydrogens (tertiary/aromatic N) is 3. The molecule has 6 rings (SSSR count). The number of amides is 1. The lowest BCUT2D eigenvalue weighted by Gasteiger charge is -2.31. The van der Waals surface area contributed by atoms with Crippen LogP contribution in [0.15, 0.2) is 41.6 Å². The molecule has 10 nitrogen and oxygen atoms in total. The van der Waals surface area contributed by atoms with Crippen LogP contribution in [-0.2, 0) is 34.2 Å². The first kappa shape index (κ1) is 26.3. The predicted octanol–water partition coefficient (Wildman–Crippen LogP) is 4.18. The van der Waals surface area contributed by atoms with Crippen molar-refractivity contribution in [1.29, 1.82) is 0 Å². The topological polar surface area (TPSA) is 160 Å². The third-order valence-electron chi connectivity index (χ3n) is 6.60. The number of hydrogen-bond donors (Lipinski definition) is 4. The second kappa shape index (κ2) is 9.91. The molecule has 0 aliphatic carbocycles. The molecular weight excluding hydrogens is 601 g/mol. The Kier molecular flexibility index (Phi) is 6.68. The number of anilines is 2. The summed E-state index contributed by atoms with van der Waals surface area (Å²) in [4.78, 5) is 29.1. The van der Waals surface area contributed by atoms with Crippen molar-refractivity contribution in [3.63, 3.8) is 0 Å². The number of hydrogen-bond acceptors (Lipinski definition) is 9. The summed E-state index contributed by atoms with van der Waals surface area (Å²) in [5.41, 5.74) is 15.1. The van der Waals surface area contributed by atoms with Gasteiger partial charge in [0.15, 0.2) is 5.13 Å². The van der Waals surface area contributed by atoms with Crippen molar-refractivity contribution in [2.24, 2.45) is 0 Å². The quantitative estimate of drug-likeness (QED) is 0.207. The smallest absolute Gasteiger partial charge is 0.241 e. The van der Waals surface area contributed by atoms with Crippen LogP contribution in [0.1, 0.15) is 16.0 Å². The third kappa shape index (κ3) is 4.94. The van der Waals surface area contributed by atoms with Crippen LogP contribution < -0.4 is 16.2 Å². The Bertz CT molecular complexity index is 1840. The largest absolute Gasteiger partial charge is 0.396 e. The molecular formula is C24H21Cl2N7O3S3. The van der Waals surface area contributed by atoms with E-state index in [-0.39, 0.29) is 33.0 Å². The van der Waals surface area contributed by atoms with Crippen molar-refractivity contribution >= 4 is 93.2 Å². The normalized spacial score (nSPS) is 14.7. The second-order valence-electron chi connectivity index (χ2n) is 9.13. The molecule has 5 aromatic rings. The van der Waals surface area contributed by atoms with Gasteiger partial charge in [0, 0.05) is 23.5 Å². The predicted molar refractivity (Wildman–Crippen MR) is 156 cm³/mol. The Morgan fingerprint density at radius 3 is 2.72 bits per heavy atom. The molecule has 15 heteroatoms. The number of nitrogens with two attached hydrogens (primary N) is 2. The highest BCUT2D eigenvalue weighted by molar-refractivity contribution is 7.89. The summed E-state index contributed by atoms with van der Waals surface area (Å²) in [5, 5.41) is 0.483. The van der Waals surface area contributed by atoms with E-state index in [0.29, 0.717) is 24.6 Å². The van der Waals surface area contributed by atoms with Crippen LogP contribution in [-0.4, -0.2) is 46.8 Å². The van der Waals surface area contributed by atoms with Gasteiger partial charge in [-0.2, -0.15) is 4.72 Å². The number of imidazole rings is 1. The van der Waals surface area contributed by atoms with Crippen LogP contribution in [0, 0.1) is 0 Å². The van der Waals surface area contributed by atoms with Gasteiger partial charge in [-0.25, -0.2) is 18.4 Å². The molecule has 0 saturated heterocycles. The molecule has 0 radical (unpaired) electrons. The number of thiazole rings is 1. The van der Waals surface area contributed by atoms with E-state index >= 15 is 0 Å². The van der Waals surface area contributed by atoms with Crippen LogP contribution in [0.4, 0.5) is 10.8 Å². The van der Waals surface area contributed by atoms with Crippen molar-refractivity contribution in [3.05, 3.63) is 62.7 Å². The summed E-state index contributed by atoms with van der Waals surface area (Å²) < 4.78 is 30.5. The van der Waals surface area contributed by atoms with Crippen LogP contribution >= 0.6 is 45.9 Å². The number of thiophene rings is 1. The Labute approximate surface area is 241 Å². The average molecular weight is 623 g/mol. The number of aromatic nitrogens is 3. The number of aromatic amines is 1. The van der Waals surface area contributed by atoms with Crippen molar-refractivity contribution in [2.45, 2.75) is 30.3 Å². The number of nitrogen functional groups attached to an aromatic ring is 2. The lowest BCUT2D eigenvalue weighted by atomic mass is 10.0. The van der Waals surface area contributed by atoms with Gasteiger partial charge in [0.05, 0.1) is 42.7 Å². The van der Waals surface area contributed by atoms with E-state index in [0.717, 1.165) is 31.7 Å². The van der Waals surface area contributed by atoms with Gasteiger partial charge in [0.2, 0.25) is 15.9 Å². The fourth-order valence-electron chi connectivity index (χ4n) is 4.66. The molecule has 3 aromatic heterocycles. The number of carbonyl (C=O) groups is 1. The van der Waals surface area contributed by atoms with Gasteiger partial charge in [-0.15, -0.1) is 11.3 Å². The lowest BCUT2D eigenvalue weighted by Crippen LogP contribution is -2.50. The SMILES string of the molecule is Nc1nc2sc3c(c2s1)CN(C(=O)C(Cc1ccc2nc[nH]c2c1)NS(=O)(=O)c1cc(Cl)c(N)c(Cl)c1)CC3. The lowest BCUT2D eigenvalue weighted by molar-refractivity contribution is -0.133. The van der Waals surface area contributed by atoms with E-state index in [2.05, 4.69) is 19.7 Å². The van der Waals surface area contributed by atoms with E-state index in [4.69, 9.17) is 34.7 Å². The van der Waals surface area contributed by atoms with Crippen LogP contribution in [0.3, 0.4) is 0 Å². The number of halogens is 2. The fourth-order valence-corrected chi connectivity index (χ4v) is 8.76. The van der Waals surface area contributed by atoms with Gasteiger partial charge in [-0.05, 0) is 42.7 Å². The Hall–Kier alpha value is -2.94. The molecule has 4 heterocycles. The van der Waals surface area contributed by atoms with E-state index in [1.54, 1.807) is 22.6 Å². The van der Waals surface area contributed by atoms with Crippen LogP contribution in [0.5, 0.6) is 0 Å². The number of nitrogens with one attached hydrogen (secondary N) is 2. The number of carbonyl (C=O) groups excluding carboxylic acids is 1. The van der Waals surface area contributed by atoms with Crippen LogP contribution in [0.25, 0.3) is 20.6 Å². The molecule has 1 aliphatic heterocycles. The second-order valence-corrected chi connectivity index (χ2v) is 13.8. The molecule has 0 spiro atoms. The first-order valence-electron chi connectivity index (χ1n) is 11.7. The summed E-state index contributed by atoms with van der Waals surface area (Å²) in [5.74, 6) is -0.349. The molecule has 1 unspecified atom stereocenters. The number of sulfonamides is 1. The van der Waals surface area contributed by atoms with Crippen molar-refractivity contribution in [3.8, 4) is 0 Å². The van der Waals surface area contributed by atoms with Crippen molar-refractivity contribution in [1.82, 2.24) is 24.6 Å². The highest BCUT2D eigenvalue weighted by Gasteiger charge is 2.33. The Balaban J connectivity index is 1.34. The number of benzene rings is 2. The minimum atomic E-state index is -4.20. The monoisotopic (exact) mass is 621 g/mol. The highest BCUT2D eigenvalue weighted by Crippen LogP contribution is 2.39. The van der Waals surface area contributed by atoms with Gasteiger partial charge >= 0.3 is 0 Å². The average Bonchev–Trinajstić information content (AvgIpc) is 3.59. The van der Waals surface area contributed by atoms with Gasteiger partial charge in [0.1, 0.15) is 10.9 Å². The fraction of sp³-hybridized carbons (Fsp3) is 0.208. The molecule has 0 bridgehead atoms. The minimum Gasteiger partial charge on any atom is -0.396 e. The zero-order valence-corrected chi connectivity index (χ0v) is 24.0. The van der Waals surface area contributed by atoms with Crippen LogP contribution in [0.2, 0.25) is 10.0 Å². The van der Waals surface area contributed by atoms with Gasteiger partial charge in [-0.1, -0.05) is 40.6 Å². The van der Waals surface area contributed by atoms with Gasteiger partial charge in [-0.3, -0.25) is 4.79 Å². The van der Waals surface area contributed by atoms with E-state index in [1.165, 1.54) is 28.3 Å². The third-order valence-corrected chi connectivity index (χ3v) is 10.9. The van der Waals surface area contributed by atoms with E-state index < -0.39 is 16.1 Å². The highest BCUT2D eigenvalue weighted by atomic mass is 35.5. The molecule has 1 amide bonds. The zero-order valence-electron chi connectivity index (χ0n) is 20.1. The first-order chi connectivity index (χ1) is 18.6. The Morgan fingerprint density at radius 2 is 1.95 bits per heavy atom. The maximum absolute atomic E-state index is 14.0. The van der Waals surface area contributed by atoms with E-state index in [1.807, 2.05) is 18.2 Å². The number of fused-ring (bicyclic) bond motifs is 4. The maximum atomic E-state index is 14.0. The molecule has 1 atom stereocenters. The molecule has 39 heavy (non-hydrogen) atoms. The van der Waals surface area contributed by atoms with Crippen molar-refractivity contribution in [2.75, 3.05) is 18.0 Å². The standard InChI is InChI=1S/C24H21Cl2N7O3S3/c25-14-7-12(8-15(26)20(14)27)39(35,36)32-18(6-11-1-2-16-17(5-11)30-10-29-16)23(34)33-4-3-19-13(9-33)21-22(37-19)31-24(28)38-21/h1-2,5,7-8,10,18,32H,3-4,6,9,27H2,(H2,28,31)(H,29,30). The summed E-state index contributed by atoms with van der Waals surface area (Å²) in [6.07, 6.45) is 2.34. The number of H-pyrrole nitrogens is 1. The molecule has 1 aliphatic rings. The molecule has 6 N–H and O–H groups in total. The minimum absolute atomic E-state index is 0.00399. The molecule has 0 fully saturated rings. The molecule has 0 saturated carbocycles. The summed E-state index contributed by atoms with van der Waals surface area (Å²) in [6, 6.07) is 6.82. The van der Waals surface area contributed by atoms with Crippen molar-refractivity contribution < 1.29 is 13.2 Å². The number of rotatable bonds is 6. The van der Waals surface area contributed by atoms with Gasteiger partial charge < -0.3 is 21.4 Å². The first-order valence-corrected chi connectivity index (χ1v) is 15.6. The summed E-state index contributed by atoms with van der Waals surface area (Å²) in [6.45, 7) is 0.791. The maximum Gasteiger partial charge on any atom is 0.241 e. The van der Waals surface area contributed by atoms with Gasteiger partial charge in [0.25, 0.3) is 0 Å². The summed E-state index contributed by atoms with van der Waals surface area (Å²) in [7, 11) is -4.20. The Morgan fingerprint density at radius 1 is 1.18 bits per heavy atom. The molecule has 2 aromatic carbocycles. The van der Waals surface area contributed by atoms with E-state index in [9.17, 15) is 13.2 Å². The molecule has 202 valence electrons. The summed E-state index contributed by atoms with van der Waals surface area (Å²) >= 11 is 15.2. The zero-order chi connectivity index (χ0) is 27.5.